The van der Waals surface area contributed by atoms with Gasteiger partial charge in [-0.2, -0.15) is 0 Å². The highest BCUT2D eigenvalue weighted by molar-refractivity contribution is 6.24. The molecule has 0 radical (unpaired) electrons. The molecule has 2 N–H and O–H groups in total. The van der Waals surface area contributed by atoms with E-state index < -0.39 is 0 Å². The highest BCUT2D eigenvalue weighted by atomic mass is 16.5. The molecule has 0 aliphatic carbocycles. The van der Waals surface area contributed by atoms with Crippen LogP contribution in [0.25, 0.3) is 43.6 Å². The molecule has 42 heavy (non-hydrogen) atoms. The molecular formula is C33H38N4O5. The fourth-order valence-corrected chi connectivity index (χ4v) is 5.57. The van der Waals surface area contributed by atoms with Gasteiger partial charge in [0.15, 0.2) is 6.29 Å². The Morgan fingerprint density at radius 3 is 1.48 bits per heavy atom. The molecule has 9 heteroatoms. The smallest absolute Gasteiger partial charge is 0.338 e. The highest BCUT2D eigenvalue weighted by Crippen LogP contribution is 2.36. The van der Waals surface area contributed by atoms with Crippen molar-refractivity contribution < 1.29 is 23.9 Å². The second-order valence-corrected chi connectivity index (χ2v) is 10.3. The van der Waals surface area contributed by atoms with Crippen molar-refractivity contribution in [3.8, 4) is 0 Å². The van der Waals surface area contributed by atoms with E-state index in [0.29, 0.717) is 54.0 Å². The Kier molecular flexibility index (Phi) is 8.89. The molecule has 0 saturated carbocycles. The summed E-state index contributed by atoms with van der Waals surface area (Å²) >= 11 is 0. The molecule has 220 valence electrons. The van der Waals surface area contributed by atoms with E-state index in [2.05, 4.69) is 47.5 Å². The summed E-state index contributed by atoms with van der Waals surface area (Å²) in [5, 5.41) is 3.25. The van der Waals surface area contributed by atoms with E-state index in [-0.39, 0.29) is 11.9 Å². The predicted octanol–water partition coefficient (Wildman–Crippen LogP) is 5.77. The van der Waals surface area contributed by atoms with Crippen molar-refractivity contribution in [2.75, 3.05) is 52.5 Å². The number of nitrogens with one attached hydrogen (secondary N) is 2. The first kappa shape index (κ1) is 29.3. The number of aromatic amines is 2. The first-order valence-electron chi connectivity index (χ1n) is 14.7. The van der Waals surface area contributed by atoms with Gasteiger partial charge in [-0.25, -0.2) is 9.59 Å². The van der Waals surface area contributed by atoms with Crippen molar-refractivity contribution in [1.29, 1.82) is 0 Å². The molecule has 0 amide bonds. The Labute approximate surface area is 244 Å². The minimum absolute atomic E-state index is 0.317. The molecule has 5 rings (SSSR count). The lowest BCUT2D eigenvalue weighted by Gasteiger charge is -2.17. The third kappa shape index (κ3) is 5.62. The molecule has 0 bridgehead atoms. The molecule has 9 nitrogen and oxygen atoms in total. The number of fused-ring (bicyclic) bond motifs is 6. The number of H-pyrrole nitrogens is 2. The van der Waals surface area contributed by atoms with E-state index in [0.717, 1.165) is 65.0 Å². The van der Waals surface area contributed by atoms with Gasteiger partial charge in [-0.05, 0) is 68.6 Å². The van der Waals surface area contributed by atoms with Crippen LogP contribution in [-0.4, -0.2) is 90.5 Å². The van der Waals surface area contributed by atoms with Crippen molar-refractivity contribution in [3.63, 3.8) is 0 Å². The van der Waals surface area contributed by atoms with Crippen LogP contribution >= 0.6 is 0 Å². The number of hydrogen-bond donors (Lipinski definition) is 2. The van der Waals surface area contributed by atoms with E-state index >= 15 is 0 Å². The molecule has 3 aromatic carbocycles. The second-order valence-electron chi connectivity index (χ2n) is 10.3. The maximum atomic E-state index is 12.9. The van der Waals surface area contributed by atoms with Gasteiger partial charge in [0.25, 0.3) is 0 Å². The Morgan fingerprint density at radius 2 is 1.10 bits per heavy atom. The van der Waals surface area contributed by atoms with Gasteiger partial charge < -0.3 is 29.2 Å². The third-order valence-electron chi connectivity index (χ3n) is 8.16. The zero-order valence-electron chi connectivity index (χ0n) is 24.7. The summed E-state index contributed by atoms with van der Waals surface area (Å²) in [5.41, 5.74) is 4.36. The lowest BCUT2D eigenvalue weighted by atomic mass is 10.0. The summed E-state index contributed by atoms with van der Waals surface area (Å²) in [5.74, 6) is -0.766. The Bertz CT molecular complexity index is 1640. The Hall–Kier alpha value is -4.21. The quantitative estimate of drug-likeness (QED) is 0.137. The molecular weight excluding hydrogens is 532 g/mol. The van der Waals surface area contributed by atoms with E-state index in [1.807, 2.05) is 30.3 Å². The molecule has 0 unspecified atom stereocenters. The summed E-state index contributed by atoms with van der Waals surface area (Å²) in [7, 11) is 0. The normalized spacial score (nSPS) is 11.9. The molecule has 2 heterocycles. The van der Waals surface area contributed by atoms with Crippen LogP contribution < -0.4 is 0 Å². The second kappa shape index (κ2) is 12.8. The molecule has 0 fully saturated rings. The average molecular weight is 571 g/mol. The lowest BCUT2D eigenvalue weighted by molar-refractivity contribution is 0.0458. The minimum Gasteiger partial charge on any atom is -0.461 e. The molecule has 0 atom stereocenters. The number of likely N-dealkylation sites (N-methyl/N-ethyl adjacent to an activating group) is 2. The van der Waals surface area contributed by atoms with Crippen LogP contribution in [0.4, 0.5) is 0 Å². The van der Waals surface area contributed by atoms with Gasteiger partial charge in [-0.3, -0.25) is 4.79 Å². The molecule has 0 aliphatic rings. The molecule has 0 saturated heterocycles. The molecule has 5 aromatic rings. The third-order valence-corrected chi connectivity index (χ3v) is 8.16. The van der Waals surface area contributed by atoms with Crippen LogP contribution in [0.3, 0.4) is 0 Å². The zero-order valence-corrected chi connectivity index (χ0v) is 24.7. The van der Waals surface area contributed by atoms with Gasteiger partial charge in [0, 0.05) is 45.7 Å². The number of esters is 2. The molecule has 0 spiro atoms. The monoisotopic (exact) mass is 570 g/mol. The largest absolute Gasteiger partial charge is 0.461 e. The Balaban J connectivity index is 1.50. The number of hydrogen-bond acceptors (Lipinski definition) is 7. The van der Waals surface area contributed by atoms with Crippen LogP contribution in [-0.2, 0) is 9.47 Å². The fourth-order valence-electron chi connectivity index (χ4n) is 5.57. The maximum Gasteiger partial charge on any atom is 0.338 e. The van der Waals surface area contributed by atoms with Crippen LogP contribution in [0, 0.1) is 0 Å². The lowest BCUT2D eigenvalue weighted by Crippen LogP contribution is -2.27. The van der Waals surface area contributed by atoms with Crippen LogP contribution in [0.1, 0.15) is 58.8 Å². The molecule has 2 aromatic heterocycles. The standard InChI is InChI=1S/C33H38N4O5/c1-5-36(6-2)13-15-41-32(39)21-9-11-28-23(17-21)25-19-26-24-18-22(33(40)42-16-14-37(7-3)8-4)10-12-29(24)35-31(26)27(20-38)30(25)34-28/h9-12,17-20,34-35H,5-8,13-16H2,1-4H3. The SMILES string of the molecule is CCN(CC)CCOC(=O)c1ccc2[nH]c3c(C=O)c4[nH]c5ccc(C(=O)OCCN(CC)CC)cc5c4cc3c2c1. The molecule has 0 aliphatic heterocycles. The number of ether oxygens (including phenoxy) is 2. The van der Waals surface area contributed by atoms with Crippen LogP contribution in [0.2, 0.25) is 0 Å². The topological polar surface area (TPSA) is 108 Å². The summed E-state index contributed by atoms with van der Waals surface area (Å²) < 4.78 is 11.1. The summed E-state index contributed by atoms with van der Waals surface area (Å²) in [6.45, 7) is 13.9. The van der Waals surface area contributed by atoms with Crippen LogP contribution in [0.5, 0.6) is 0 Å². The van der Waals surface area contributed by atoms with E-state index in [1.54, 1.807) is 12.1 Å². The minimum atomic E-state index is -0.383. The number of aromatic nitrogens is 2. The van der Waals surface area contributed by atoms with Gasteiger partial charge in [0.1, 0.15) is 13.2 Å². The van der Waals surface area contributed by atoms with Gasteiger partial charge in [-0.15, -0.1) is 0 Å². The van der Waals surface area contributed by atoms with Crippen molar-refractivity contribution in [1.82, 2.24) is 19.8 Å². The summed E-state index contributed by atoms with van der Waals surface area (Å²) in [6.07, 6.45) is 0.834. The van der Waals surface area contributed by atoms with Gasteiger partial charge in [0.05, 0.1) is 27.7 Å². The number of carbonyl (C=O) groups excluding carboxylic acids is 3. The number of rotatable bonds is 13. The first-order valence-corrected chi connectivity index (χ1v) is 14.7. The summed E-state index contributed by atoms with van der Waals surface area (Å²) in [4.78, 5) is 49.2. The number of benzene rings is 3. The average Bonchev–Trinajstić information content (AvgIpc) is 3.57. The van der Waals surface area contributed by atoms with Gasteiger partial charge in [-0.1, -0.05) is 27.7 Å². The van der Waals surface area contributed by atoms with Gasteiger partial charge >= 0.3 is 11.9 Å². The number of nitrogens with zero attached hydrogens (tertiary/aromatic N) is 2. The predicted molar refractivity (Wildman–Crippen MR) is 167 cm³/mol. The first-order chi connectivity index (χ1) is 20.4. The Morgan fingerprint density at radius 1 is 0.667 bits per heavy atom. The van der Waals surface area contributed by atoms with Crippen molar-refractivity contribution in [2.24, 2.45) is 0 Å². The van der Waals surface area contributed by atoms with Gasteiger partial charge in [0.2, 0.25) is 0 Å². The van der Waals surface area contributed by atoms with Crippen molar-refractivity contribution >= 4 is 61.8 Å². The van der Waals surface area contributed by atoms with Crippen LogP contribution in [0.15, 0.2) is 42.5 Å². The number of carbonyl (C=O) groups is 3. The zero-order chi connectivity index (χ0) is 29.8. The highest BCUT2D eigenvalue weighted by Gasteiger charge is 2.19. The van der Waals surface area contributed by atoms with Crippen molar-refractivity contribution in [2.45, 2.75) is 27.7 Å². The fraction of sp³-hybridized carbons (Fsp3) is 0.364. The van der Waals surface area contributed by atoms with Crippen molar-refractivity contribution in [3.05, 3.63) is 59.2 Å². The maximum absolute atomic E-state index is 12.9. The van der Waals surface area contributed by atoms with E-state index in [9.17, 15) is 14.4 Å². The van der Waals surface area contributed by atoms with E-state index in [4.69, 9.17) is 9.47 Å². The number of aldehydes is 1. The van der Waals surface area contributed by atoms with E-state index in [1.165, 1.54) is 0 Å². The summed E-state index contributed by atoms with van der Waals surface area (Å²) in [6, 6.07) is 12.8.